The minimum absolute atomic E-state index is 0.00954. The lowest BCUT2D eigenvalue weighted by Crippen LogP contribution is -2.34. The van der Waals surface area contributed by atoms with E-state index in [2.05, 4.69) is 24.4 Å². The molecule has 0 radical (unpaired) electrons. The van der Waals surface area contributed by atoms with Gasteiger partial charge in [0, 0.05) is 16.9 Å². The van der Waals surface area contributed by atoms with Gasteiger partial charge in [0.05, 0.1) is 7.11 Å². The molecule has 0 bridgehead atoms. The number of rotatable bonds is 4. The molecule has 110 valence electrons. The van der Waals surface area contributed by atoms with Gasteiger partial charge in [-0.15, -0.1) is 0 Å². The van der Waals surface area contributed by atoms with E-state index in [1.165, 1.54) is 17.7 Å². The average molecular weight is 293 g/mol. The van der Waals surface area contributed by atoms with Crippen LogP contribution in [0.3, 0.4) is 0 Å². The summed E-state index contributed by atoms with van der Waals surface area (Å²) in [7, 11) is 1.72. The van der Waals surface area contributed by atoms with E-state index in [0.717, 1.165) is 36.6 Å². The standard InChI is InChI=1S/C16H23NO2S/c1-16(8-4-9-17-16)13-5-3-6-14(18-2)15(13)19-12-7-10-20-11-12/h3,5-6,12,17H,4,7-11H2,1-2H3. The fourth-order valence-electron chi connectivity index (χ4n) is 3.13. The zero-order valence-corrected chi connectivity index (χ0v) is 13.1. The van der Waals surface area contributed by atoms with Crippen LogP contribution in [0.1, 0.15) is 31.7 Å². The summed E-state index contributed by atoms with van der Waals surface area (Å²) in [5, 5.41) is 3.63. The Labute approximate surface area is 125 Å². The maximum atomic E-state index is 6.32. The molecule has 4 heteroatoms. The molecule has 1 N–H and O–H groups in total. The van der Waals surface area contributed by atoms with Gasteiger partial charge < -0.3 is 14.8 Å². The van der Waals surface area contributed by atoms with Crippen LogP contribution in [0.4, 0.5) is 0 Å². The quantitative estimate of drug-likeness (QED) is 0.923. The first kappa shape index (κ1) is 14.1. The van der Waals surface area contributed by atoms with Crippen molar-refractivity contribution < 1.29 is 9.47 Å². The summed E-state index contributed by atoms with van der Waals surface area (Å²) in [6, 6.07) is 6.24. The third-order valence-electron chi connectivity index (χ3n) is 4.33. The third kappa shape index (κ3) is 2.63. The Morgan fingerprint density at radius 1 is 1.40 bits per heavy atom. The van der Waals surface area contributed by atoms with Gasteiger partial charge in [0.2, 0.25) is 0 Å². The highest BCUT2D eigenvalue weighted by atomic mass is 32.2. The van der Waals surface area contributed by atoms with Gasteiger partial charge in [0.15, 0.2) is 11.5 Å². The van der Waals surface area contributed by atoms with E-state index in [4.69, 9.17) is 9.47 Å². The minimum atomic E-state index is 0.00954. The van der Waals surface area contributed by atoms with Gasteiger partial charge in [0.1, 0.15) is 6.10 Å². The van der Waals surface area contributed by atoms with E-state index in [1.54, 1.807) is 7.11 Å². The Bertz CT molecular complexity index is 466. The van der Waals surface area contributed by atoms with Crippen molar-refractivity contribution in [2.24, 2.45) is 0 Å². The second-order valence-electron chi connectivity index (χ2n) is 5.80. The largest absolute Gasteiger partial charge is 0.493 e. The zero-order chi connectivity index (χ0) is 14.0. The first-order valence-electron chi connectivity index (χ1n) is 7.40. The Balaban J connectivity index is 1.95. The number of thioether (sulfide) groups is 1. The molecule has 20 heavy (non-hydrogen) atoms. The van der Waals surface area contributed by atoms with Gasteiger partial charge in [-0.1, -0.05) is 12.1 Å². The van der Waals surface area contributed by atoms with E-state index in [9.17, 15) is 0 Å². The normalized spacial score (nSPS) is 29.6. The summed E-state index contributed by atoms with van der Waals surface area (Å²) < 4.78 is 11.9. The summed E-state index contributed by atoms with van der Waals surface area (Å²) in [6.45, 7) is 3.34. The molecule has 0 aromatic heterocycles. The number of nitrogens with one attached hydrogen (secondary N) is 1. The number of benzene rings is 1. The molecule has 3 nitrogen and oxygen atoms in total. The highest BCUT2D eigenvalue weighted by molar-refractivity contribution is 7.99. The molecule has 2 unspecified atom stereocenters. The molecule has 2 aliphatic heterocycles. The molecule has 0 spiro atoms. The Kier molecular flexibility index (Phi) is 4.13. The van der Waals surface area contributed by atoms with E-state index >= 15 is 0 Å². The van der Waals surface area contributed by atoms with Crippen molar-refractivity contribution in [2.75, 3.05) is 25.2 Å². The van der Waals surface area contributed by atoms with Crippen LogP contribution in [0.15, 0.2) is 18.2 Å². The van der Waals surface area contributed by atoms with Crippen LogP contribution in [0, 0.1) is 0 Å². The van der Waals surface area contributed by atoms with E-state index < -0.39 is 0 Å². The predicted octanol–water partition coefficient (Wildman–Crippen LogP) is 3.18. The second kappa shape index (κ2) is 5.86. The van der Waals surface area contributed by atoms with Gasteiger partial charge in [-0.05, 0) is 44.6 Å². The van der Waals surface area contributed by atoms with Crippen LogP contribution >= 0.6 is 11.8 Å². The zero-order valence-electron chi connectivity index (χ0n) is 12.3. The Morgan fingerprint density at radius 2 is 2.30 bits per heavy atom. The Hall–Kier alpha value is -0.870. The summed E-state index contributed by atoms with van der Waals surface area (Å²) in [5.41, 5.74) is 1.25. The molecule has 0 amide bonds. The molecule has 0 saturated carbocycles. The highest BCUT2D eigenvalue weighted by Crippen LogP contribution is 2.42. The molecular formula is C16H23NO2S. The van der Waals surface area contributed by atoms with Crippen LogP contribution in [-0.4, -0.2) is 31.3 Å². The molecule has 2 atom stereocenters. The monoisotopic (exact) mass is 293 g/mol. The average Bonchev–Trinajstić information content (AvgIpc) is 3.11. The first-order chi connectivity index (χ1) is 9.73. The molecule has 2 heterocycles. The minimum Gasteiger partial charge on any atom is -0.493 e. The van der Waals surface area contributed by atoms with Gasteiger partial charge in [-0.3, -0.25) is 0 Å². The van der Waals surface area contributed by atoms with Crippen molar-refractivity contribution in [3.8, 4) is 11.5 Å². The van der Waals surface area contributed by atoms with Gasteiger partial charge >= 0.3 is 0 Å². The lowest BCUT2D eigenvalue weighted by molar-refractivity contribution is 0.210. The van der Waals surface area contributed by atoms with Crippen molar-refractivity contribution >= 4 is 11.8 Å². The number of methoxy groups -OCH3 is 1. The molecule has 2 saturated heterocycles. The fraction of sp³-hybridized carbons (Fsp3) is 0.625. The van der Waals surface area contributed by atoms with E-state index in [1.807, 2.05) is 17.8 Å². The van der Waals surface area contributed by atoms with Crippen LogP contribution in [0.2, 0.25) is 0 Å². The summed E-state index contributed by atoms with van der Waals surface area (Å²) in [4.78, 5) is 0. The third-order valence-corrected chi connectivity index (χ3v) is 5.47. The molecule has 2 aliphatic rings. The van der Waals surface area contributed by atoms with Crippen molar-refractivity contribution in [1.29, 1.82) is 0 Å². The molecule has 2 fully saturated rings. The SMILES string of the molecule is COc1cccc(C2(C)CCCN2)c1OC1CCSC1. The lowest BCUT2D eigenvalue weighted by Gasteiger charge is -2.29. The van der Waals surface area contributed by atoms with Crippen molar-refractivity contribution in [1.82, 2.24) is 5.32 Å². The van der Waals surface area contributed by atoms with Crippen LogP contribution in [0.25, 0.3) is 0 Å². The van der Waals surface area contributed by atoms with Gasteiger partial charge in [-0.25, -0.2) is 0 Å². The summed E-state index contributed by atoms with van der Waals surface area (Å²) in [6.07, 6.45) is 3.81. The van der Waals surface area contributed by atoms with Crippen molar-refractivity contribution in [2.45, 2.75) is 37.8 Å². The number of para-hydroxylation sites is 1. The summed E-state index contributed by atoms with van der Waals surface area (Å²) in [5.74, 6) is 4.08. The second-order valence-corrected chi connectivity index (χ2v) is 6.95. The number of hydrogen-bond acceptors (Lipinski definition) is 4. The van der Waals surface area contributed by atoms with Crippen molar-refractivity contribution in [3.63, 3.8) is 0 Å². The topological polar surface area (TPSA) is 30.5 Å². The summed E-state index contributed by atoms with van der Waals surface area (Å²) >= 11 is 1.97. The molecule has 1 aromatic carbocycles. The first-order valence-corrected chi connectivity index (χ1v) is 8.55. The van der Waals surface area contributed by atoms with Crippen LogP contribution < -0.4 is 14.8 Å². The maximum absolute atomic E-state index is 6.32. The van der Waals surface area contributed by atoms with E-state index in [0.29, 0.717) is 6.10 Å². The lowest BCUT2D eigenvalue weighted by atomic mass is 9.89. The predicted molar refractivity (Wildman–Crippen MR) is 83.9 cm³/mol. The smallest absolute Gasteiger partial charge is 0.166 e. The fourth-order valence-corrected chi connectivity index (χ4v) is 4.22. The molecule has 0 aliphatic carbocycles. The van der Waals surface area contributed by atoms with Gasteiger partial charge in [0.25, 0.3) is 0 Å². The Morgan fingerprint density at radius 3 is 2.95 bits per heavy atom. The van der Waals surface area contributed by atoms with Crippen molar-refractivity contribution in [3.05, 3.63) is 23.8 Å². The highest BCUT2D eigenvalue weighted by Gasteiger charge is 2.34. The number of hydrogen-bond donors (Lipinski definition) is 1. The van der Waals surface area contributed by atoms with Crippen LogP contribution in [0.5, 0.6) is 11.5 Å². The molecule has 3 rings (SSSR count). The molecule has 1 aromatic rings. The van der Waals surface area contributed by atoms with E-state index in [-0.39, 0.29) is 5.54 Å². The molecular weight excluding hydrogens is 270 g/mol. The maximum Gasteiger partial charge on any atom is 0.166 e. The van der Waals surface area contributed by atoms with Gasteiger partial charge in [-0.2, -0.15) is 11.8 Å². The van der Waals surface area contributed by atoms with Crippen LogP contribution in [-0.2, 0) is 5.54 Å². The number of ether oxygens (including phenoxy) is 2.